The Morgan fingerprint density at radius 1 is 1.19 bits per heavy atom. The van der Waals surface area contributed by atoms with Crippen molar-refractivity contribution in [2.75, 3.05) is 26.8 Å². The Morgan fingerprint density at radius 2 is 1.88 bits per heavy atom. The van der Waals surface area contributed by atoms with Crippen molar-refractivity contribution in [3.63, 3.8) is 0 Å². The standard InChI is InChI=1S/C19H26N2O5/c1-26-13-10-18(23)21-11-8-15(9-12-21)20-17(22)7-6-14-4-2-3-5-16(14)19(24)25/h2-5,15H,6-13H2,1H3,(H,20,22)(H,24,25). The first kappa shape index (κ1) is 19.9. The van der Waals surface area contributed by atoms with Crippen LogP contribution in [0.2, 0.25) is 0 Å². The SMILES string of the molecule is COCCC(=O)N1CCC(NC(=O)CCc2ccccc2C(=O)O)CC1. The number of aryl methyl sites for hydroxylation is 1. The summed E-state index contributed by atoms with van der Waals surface area (Å²) in [7, 11) is 1.57. The normalized spacial score (nSPS) is 14.9. The van der Waals surface area contributed by atoms with E-state index in [1.165, 1.54) is 0 Å². The van der Waals surface area contributed by atoms with Crippen molar-refractivity contribution in [1.29, 1.82) is 0 Å². The van der Waals surface area contributed by atoms with Crippen LogP contribution in [0.25, 0.3) is 0 Å². The zero-order valence-electron chi connectivity index (χ0n) is 15.1. The monoisotopic (exact) mass is 362 g/mol. The molecule has 1 fully saturated rings. The molecule has 0 unspecified atom stereocenters. The summed E-state index contributed by atoms with van der Waals surface area (Å²) in [6.45, 7) is 1.69. The summed E-state index contributed by atoms with van der Waals surface area (Å²) in [5.41, 5.74) is 0.900. The predicted octanol–water partition coefficient (Wildman–Crippen LogP) is 1.46. The third kappa shape index (κ3) is 5.84. The fraction of sp³-hybridized carbons (Fsp3) is 0.526. The highest BCUT2D eigenvalue weighted by Crippen LogP contribution is 2.14. The molecule has 1 aliphatic heterocycles. The molecule has 1 aliphatic rings. The molecule has 1 heterocycles. The van der Waals surface area contributed by atoms with Crippen molar-refractivity contribution in [2.24, 2.45) is 0 Å². The topological polar surface area (TPSA) is 95.9 Å². The van der Waals surface area contributed by atoms with Crippen LogP contribution in [-0.2, 0) is 20.7 Å². The lowest BCUT2D eigenvalue weighted by atomic mass is 10.0. The highest BCUT2D eigenvalue weighted by atomic mass is 16.5. The lowest BCUT2D eigenvalue weighted by molar-refractivity contribution is -0.133. The summed E-state index contributed by atoms with van der Waals surface area (Å²) >= 11 is 0. The number of methoxy groups -OCH3 is 1. The second-order valence-corrected chi connectivity index (χ2v) is 6.43. The number of carboxylic acids is 1. The third-order valence-corrected chi connectivity index (χ3v) is 4.60. The molecule has 0 aliphatic carbocycles. The number of carbonyl (C=O) groups excluding carboxylic acids is 2. The molecule has 2 N–H and O–H groups in total. The molecule has 142 valence electrons. The molecule has 0 bridgehead atoms. The van der Waals surface area contributed by atoms with Gasteiger partial charge in [0.25, 0.3) is 0 Å². The van der Waals surface area contributed by atoms with Gasteiger partial charge in [-0.1, -0.05) is 18.2 Å². The predicted molar refractivity (Wildman–Crippen MR) is 96.0 cm³/mol. The maximum Gasteiger partial charge on any atom is 0.335 e. The van der Waals surface area contributed by atoms with Crippen molar-refractivity contribution in [3.05, 3.63) is 35.4 Å². The quantitative estimate of drug-likeness (QED) is 0.730. The molecule has 7 nitrogen and oxygen atoms in total. The molecular formula is C19H26N2O5. The number of aromatic carboxylic acids is 1. The number of carbonyl (C=O) groups is 3. The van der Waals surface area contributed by atoms with Crippen LogP contribution >= 0.6 is 0 Å². The van der Waals surface area contributed by atoms with E-state index < -0.39 is 5.97 Å². The Hall–Kier alpha value is -2.41. The Morgan fingerprint density at radius 3 is 2.54 bits per heavy atom. The highest BCUT2D eigenvalue weighted by Gasteiger charge is 2.23. The number of nitrogens with zero attached hydrogens (tertiary/aromatic N) is 1. The average molecular weight is 362 g/mol. The van der Waals surface area contributed by atoms with Crippen molar-refractivity contribution in [1.82, 2.24) is 10.2 Å². The second kappa shape index (κ2) is 9.91. The number of carboxylic acid groups (broad SMARTS) is 1. The number of hydrogen-bond donors (Lipinski definition) is 2. The zero-order chi connectivity index (χ0) is 18.9. The maximum absolute atomic E-state index is 12.2. The number of likely N-dealkylation sites (tertiary alicyclic amines) is 1. The fourth-order valence-electron chi connectivity index (χ4n) is 3.12. The molecule has 0 radical (unpaired) electrons. The van der Waals surface area contributed by atoms with Gasteiger partial charge in [0.15, 0.2) is 0 Å². The Labute approximate surface area is 153 Å². The van der Waals surface area contributed by atoms with Crippen LogP contribution in [0, 0.1) is 0 Å². The number of amides is 2. The summed E-state index contributed by atoms with van der Waals surface area (Å²) in [6.07, 6.45) is 2.49. The number of benzene rings is 1. The van der Waals surface area contributed by atoms with Crippen LogP contribution < -0.4 is 5.32 Å². The smallest absolute Gasteiger partial charge is 0.335 e. The molecule has 0 aromatic heterocycles. The Bertz CT molecular complexity index is 639. The molecule has 7 heteroatoms. The summed E-state index contributed by atoms with van der Waals surface area (Å²) in [4.78, 5) is 37.1. The van der Waals surface area contributed by atoms with Gasteiger partial charge in [0.2, 0.25) is 11.8 Å². The van der Waals surface area contributed by atoms with E-state index in [2.05, 4.69) is 5.32 Å². The lowest BCUT2D eigenvalue weighted by Crippen LogP contribution is -2.46. The van der Waals surface area contributed by atoms with Gasteiger partial charge >= 0.3 is 5.97 Å². The van der Waals surface area contributed by atoms with Crippen LogP contribution in [0.5, 0.6) is 0 Å². The molecule has 26 heavy (non-hydrogen) atoms. The number of piperidine rings is 1. The molecular weight excluding hydrogens is 336 g/mol. The summed E-state index contributed by atoms with van der Waals surface area (Å²) in [5.74, 6) is -0.984. The molecule has 0 spiro atoms. The van der Waals surface area contributed by atoms with E-state index in [4.69, 9.17) is 4.74 Å². The summed E-state index contributed by atoms with van der Waals surface area (Å²) in [5, 5.41) is 12.2. The third-order valence-electron chi connectivity index (χ3n) is 4.60. The number of nitrogens with one attached hydrogen (secondary N) is 1. The molecule has 1 aromatic rings. The Kier molecular flexibility index (Phi) is 7.59. The first-order valence-electron chi connectivity index (χ1n) is 8.88. The van der Waals surface area contributed by atoms with Gasteiger partial charge in [0.1, 0.15) is 0 Å². The van der Waals surface area contributed by atoms with Crippen LogP contribution in [0.1, 0.15) is 41.6 Å². The van der Waals surface area contributed by atoms with Crippen molar-refractivity contribution in [2.45, 2.75) is 38.1 Å². The molecule has 1 aromatic carbocycles. The van der Waals surface area contributed by atoms with Gasteiger partial charge in [-0.25, -0.2) is 4.79 Å². The van der Waals surface area contributed by atoms with Gasteiger partial charge in [0, 0.05) is 32.7 Å². The minimum Gasteiger partial charge on any atom is -0.478 e. The second-order valence-electron chi connectivity index (χ2n) is 6.43. The van der Waals surface area contributed by atoms with E-state index >= 15 is 0 Å². The van der Waals surface area contributed by atoms with Crippen LogP contribution in [0.4, 0.5) is 0 Å². The van der Waals surface area contributed by atoms with Gasteiger partial charge in [-0.3, -0.25) is 9.59 Å². The largest absolute Gasteiger partial charge is 0.478 e. The van der Waals surface area contributed by atoms with E-state index in [1.807, 2.05) is 4.90 Å². The van der Waals surface area contributed by atoms with Gasteiger partial charge < -0.3 is 20.1 Å². The van der Waals surface area contributed by atoms with E-state index in [-0.39, 0.29) is 29.8 Å². The van der Waals surface area contributed by atoms with Gasteiger partial charge in [-0.15, -0.1) is 0 Å². The number of rotatable bonds is 8. The first-order chi connectivity index (χ1) is 12.5. The highest BCUT2D eigenvalue weighted by molar-refractivity contribution is 5.89. The van der Waals surface area contributed by atoms with E-state index in [1.54, 1.807) is 31.4 Å². The molecule has 0 atom stereocenters. The van der Waals surface area contributed by atoms with Crippen molar-refractivity contribution < 1.29 is 24.2 Å². The summed E-state index contributed by atoms with van der Waals surface area (Å²) in [6, 6.07) is 6.79. The molecule has 2 amide bonds. The number of ether oxygens (including phenoxy) is 1. The average Bonchev–Trinajstić information content (AvgIpc) is 2.65. The lowest BCUT2D eigenvalue weighted by Gasteiger charge is -2.32. The number of hydrogen-bond acceptors (Lipinski definition) is 4. The van der Waals surface area contributed by atoms with E-state index in [0.717, 1.165) is 12.8 Å². The van der Waals surface area contributed by atoms with Crippen LogP contribution in [-0.4, -0.2) is 60.6 Å². The van der Waals surface area contributed by atoms with Crippen LogP contribution in [0.15, 0.2) is 24.3 Å². The van der Waals surface area contributed by atoms with Gasteiger partial charge in [0.05, 0.1) is 18.6 Å². The molecule has 0 saturated carbocycles. The molecule has 2 rings (SSSR count). The minimum absolute atomic E-state index is 0.0590. The van der Waals surface area contributed by atoms with Crippen LogP contribution in [0.3, 0.4) is 0 Å². The first-order valence-corrected chi connectivity index (χ1v) is 8.88. The maximum atomic E-state index is 12.2. The van der Waals surface area contributed by atoms with Gasteiger partial charge in [-0.2, -0.15) is 0 Å². The minimum atomic E-state index is -0.980. The van der Waals surface area contributed by atoms with Gasteiger partial charge in [-0.05, 0) is 30.9 Å². The van der Waals surface area contributed by atoms with Crippen molar-refractivity contribution >= 4 is 17.8 Å². The Balaban J connectivity index is 1.74. The summed E-state index contributed by atoms with van der Waals surface area (Å²) < 4.78 is 4.92. The fourth-order valence-corrected chi connectivity index (χ4v) is 3.12. The zero-order valence-corrected chi connectivity index (χ0v) is 15.1. The van der Waals surface area contributed by atoms with E-state index in [0.29, 0.717) is 38.1 Å². The molecule has 1 saturated heterocycles. The van der Waals surface area contributed by atoms with E-state index in [9.17, 15) is 19.5 Å². The van der Waals surface area contributed by atoms with Crippen molar-refractivity contribution in [3.8, 4) is 0 Å².